The van der Waals surface area contributed by atoms with E-state index in [1.54, 1.807) is 18.0 Å². The number of methoxy groups -OCH3 is 1. The van der Waals surface area contributed by atoms with Gasteiger partial charge in [-0.25, -0.2) is 4.98 Å². The zero-order valence-electron chi connectivity index (χ0n) is 19.9. The summed E-state index contributed by atoms with van der Waals surface area (Å²) in [6, 6.07) is 12.4. The van der Waals surface area contributed by atoms with Gasteiger partial charge in [0.1, 0.15) is 11.5 Å². The van der Waals surface area contributed by atoms with Crippen molar-refractivity contribution in [1.82, 2.24) is 19.7 Å². The van der Waals surface area contributed by atoms with Gasteiger partial charge in [0.05, 0.1) is 42.3 Å². The first-order valence-electron chi connectivity index (χ1n) is 11.4. The molecule has 0 N–H and O–H groups in total. The quantitative estimate of drug-likeness (QED) is 0.318. The molecule has 1 saturated carbocycles. The van der Waals surface area contributed by atoms with Crippen LogP contribution in [0.3, 0.4) is 0 Å². The van der Waals surface area contributed by atoms with Gasteiger partial charge in [-0.2, -0.15) is 5.10 Å². The molecule has 7 nitrogen and oxygen atoms in total. The summed E-state index contributed by atoms with van der Waals surface area (Å²) in [7, 11) is 3.59. The smallest absolute Gasteiger partial charge is 0.125 e. The molecule has 2 heterocycles. The minimum atomic E-state index is 0. The fraction of sp³-hybridized carbons (Fsp3) is 0.346. The van der Waals surface area contributed by atoms with Crippen molar-refractivity contribution in [2.75, 3.05) is 18.6 Å². The van der Waals surface area contributed by atoms with Crippen LogP contribution in [0.2, 0.25) is 0 Å². The van der Waals surface area contributed by atoms with Crippen molar-refractivity contribution in [3.05, 3.63) is 55.0 Å². The second-order valence-corrected chi connectivity index (χ2v) is 8.92. The molecule has 0 amide bonds. The van der Waals surface area contributed by atoms with E-state index in [-0.39, 0.29) is 18.5 Å². The van der Waals surface area contributed by atoms with Crippen molar-refractivity contribution < 1.29 is 9.47 Å². The highest BCUT2D eigenvalue weighted by Gasteiger charge is 2.26. The maximum absolute atomic E-state index is 6.00. The molecule has 1 aliphatic rings. The molecule has 0 unspecified atom stereocenters. The topological polar surface area (TPSA) is 65.3 Å². The van der Waals surface area contributed by atoms with E-state index in [1.165, 1.54) is 12.8 Å². The predicted molar refractivity (Wildman–Crippen MR) is 137 cm³/mol. The number of rotatable bonds is 8. The highest BCUT2D eigenvalue weighted by molar-refractivity contribution is 5.85. The van der Waals surface area contributed by atoms with Crippen molar-refractivity contribution in [3.8, 4) is 22.8 Å². The summed E-state index contributed by atoms with van der Waals surface area (Å²) in [6.45, 7) is 5.00. The van der Waals surface area contributed by atoms with E-state index in [0.29, 0.717) is 5.92 Å². The number of hydrogen-bond acceptors (Lipinski definition) is 6. The van der Waals surface area contributed by atoms with Crippen molar-refractivity contribution >= 4 is 34.8 Å². The maximum atomic E-state index is 6.00. The minimum Gasteiger partial charge on any atom is -0.497 e. The van der Waals surface area contributed by atoms with Crippen LogP contribution >= 0.6 is 12.4 Å². The SMILES string of the molecule is COc1cc(OC(C)C)cc(N(CC2CC2)c2ccc3ncc(-c4cnn(C)c4)nc3c2)c1.Cl. The zero-order chi connectivity index (χ0) is 22.9. The zero-order valence-corrected chi connectivity index (χ0v) is 20.7. The van der Waals surface area contributed by atoms with Crippen molar-refractivity contribution in [1.29, 1.82) is 0 Å². The standard InChI is InChI=1S/C26H29N5O2.ClH/c1-17(2)33-23-10-21(9-22(12-23)32-4)31(15-18-5-6-18)20-7-8-24-25(11-20)29-26(14-27-24)19-13-28-30(3)16-19;/h7-14,16-18H,5-6,15H2,1-4H3;1H. The first-order chi connectivity index (χ1) is 16.0. The number of fused-ring (bicyclic) bond motifs is 1. The Bertz CT molecular complexity index is 1290. The largest absolute Gasteiger partial charge is 0.497 e. The Morgan fingerprint density at radius 3 is 2.50 bits per heavy atom. The van der Waals surface area contributed by atoms with Crippen molar-refractivity contribution in [2.24, 2.45) is 13.0 Å². The van der Waals surface area contributed by atoms with Gasteiger partial charge in [-0.05, 0) is 50.8 Å². The van der Waals surface area contributed by atoms with E-state index < -0.39 is 0 Å². The van der Waals surface area contributed by atoms with Crippen LogP contribution < -0.4 is 14.4 Å². The second-order valence-electron chi connectivity index (χ2n) is 8.92. The Hall–Kier alpha value is -3.32. The fourth-order valence-electron chi connectivity index (χ4n) is 3.95. The number of benzene rings is 2. The summed E-state index contributed by atoms with van der Waals surface area (Å²) < 4.78 is 13.4. The van der Waals surface area contributed by atoms with Crippen molar-refractivity contribution in [2.45, 2.75) is 32.8 Å². The van der Waals surface area contributed by atoms with E-state index in [0.717, 1.165) is 51.7 Å². The number of hydrogen-bond donors (Lipinski definition) is 0. The molecular weight excluding hydrogens is 450 g/mol. The third-order valence-corrected chi connectivity index (χ3v) is 5.76. The summed E-state index contributed by atoms with van der Waals surface area (Å²) >= 11 is 0. The summed E-state index contributed by atoms with van der Waals surface area (Å²) in [5, 5.41) is 4.26. The van der Waals surface area contributed by atoms with Crippen LogP contribution in [-0.2, 0) is 7.05 Å². The molecule has 0 aliphatic heterocycles. The normalized spacial score (nSPS) is 13.1. The number of nitrogens with zero attached hydrogens (tertiary/aromatic N) is 5. The third-order valence-electron chi connectivity index (χ3n) is 5.76. The van der Waals surface area contributed by atoms with Gasteiger partial charge in [-0.3, -0.25) is 9.67 Å². The highest BCUT2D eigenvalue weighted by atomic mass is 35.5. The van der Waals surface area contributed by atoms with E-state index >= 15 is 0 Å². The third kappa shape index (κ3) is 5.25. The van der Waals surface area contributed by atoms with E-state index in [9.17, 15) is 0 Å². The summed E-state index contributed by atoms with van der Waals surface area (Å²) in [5.74, 6) is 2.28. The molecule has 34 heavy (non-hydrogen) atoms. The second kappa shape index (κ2) is 9.89. The minimum absolute atomic E-state index is 0. The Morgan fingerprint density at radius 1 is 1.03 bits per heavy atom. The molecular formula is C26H30ClN5O2. The summed E-state index contributed by atoms with van der Waals surface area (Å²) in [4.78, 5) is 11.9. The van der Waals surface area contributed by atoms with Gasteiger partial charge in [-0.1, -0.05) is 0 Å². The first kappa shape index (κ1) is 23.8. The van der Waals surface area contributed by atoms with E-state index in [1.807, 2.05) is 45.4 Å². The average molecular weight is 480 g/mol. The molecule has 1 aliphatic carbocycles. The number of halogens is 1. The van der Waals surface area contributed by atoms with E-state index in [4.69, 9.17) is 14.5 Å². The molecule has 8 heteroatoms. The van der Waals surface area contributed by atoms with Gasteiger partial charge in [0.25, 0.3) is 0 Å². The lowest BCUT2D eigenvalue weighted by molar-refractivity contribution is 0.241. The fourth-order valence-corrected chi connectivity index (χ4v) is 3.95. The molecule has 0 radical (unpaired) electrons. The number of ether oxygens (including phenoxy) is 2. The van der Waals surface area contributed by atoms with Crippen LogP contribution in [0, 0.1) is 5.92 Å². The molecule has 5 rings (SSSR count). The van der Waals surface area contributed by atoms with Crippen LogP contribution in [0.15, 0.2) is 55.0 Å². The lowest BCUT2D eigenvalue weighted by atomic mass is 10.1. The lowest BCUT2D eigenvalue weighted by Gasteiger charge is -2.26. The molecule has 1 fully saturated rings. The predicted octanol–water partition coefficient (Wildman–Crippen LogP) is 5.80. The Morgan fingerprint density at radius 2 is 1.82 bits per heavy atom. The van der Waals surface area contributed by atoms with Crippen LogP contribution in [0.25, 0.3) is 22.3 Å². The van der Waals surface area contributed by atoms with Gasteiger partial charge < -0.3 is 14.4 Å². The summed E-state index contributed by atoms with van der Waals surface area (Å²) in [6.07, 6.45) is 8.17. The van der Waals surface area contributed by atoms with Crippen LogP contribution in [0.5, 0.6) is 11.5 Å². The first-order valence-corrected chi connectivity index (χ1v) is 11.4. The van der Waals surface area contributed by atoms with Crippen molar-refractivity contribution in [3.63, 3.8) is 0 Å². The Kier molecular flexibility index (Phi) is 6.93. The highest BCUT2D eigenvalue weighted by Crippen LogP contribution is 2.39. The molecule has 0 saturated heterocycles. The van der Waals surface area contributed by atoms with E-state index in [2.05, 4.69) is 39.2 Å². The van der Waals surface area contributed by atoms with Gasteiger partial charge in [-0.15, -0.1) is 12.4 Å². The van der Waals surface area contributed by atoms with Crippen LogP contribution in [0.1, 0.15) is 26.7 Å². The van der Waals surface area contributed by atoms with Gasteiger partial charge in [0, 0.05) is 54.9 Å². The number of anilines is 2. The lowest BCUT2D eigenvalue weighted by Crippen LogP contribution is -2.20. The molecule has 0 spiro atoms. The molecule has 2 aromatic carbocycles. The molecule has 2 aromatic heterocycles. The summed E-state index contributed by atoms with van der Waals surface area (Å²) in [5.41, 5.74) is 5.62. The number of aryl methyl sites for hydroxylation is 1. The Balaban J connectivity index is 0.00000274. The monoisotopic (exact) mass is 479 g/mol. The van der Waals surface area contributed by atoms with Gasteiger partial charge >= 0.3 is 0 Å². The van der Waals surface area contributed by atoms with Gasteiger partial charge in [0.15, 0.2) is 0 Å². The molecule has 4 aromatic rings. The molecule has 0 atom stereocenters. The molecule has 178 valence electrons. The molecule has 0 bridgehead atoms. The van der Waals surface area contributed by atoms with Crippen LogP contribution in [0.4, 0.5) is 11.4 Å². The average Bonchev–Trinajstić information content (AvgIpc) is 3.53. The Labute approximate surface area is 206 Å². The maximum Gasteiger partial charge on any atom is 0.125 e. The number of aromatic nitrogens is 4. The van der Waals surface area contributed by atoms with Gasteiger partial charge in [0.2, 0.25) is 0 Å². The van der Waals surface area contributed by atoms with Crippen LogP contribution in [-0.4, -0.2) is 39.5 Å².